The van der Waals surface area contributed by atoms with Gasteiger partial charge in [0.25, 0.3) is 0 Å². The highest BCUT2D eigenvalue weighted by Crippen LogP contribution is 2.34. The largest absolute Gasteiger partial charge is 0.0654 e. The van der Waals surface area contributed by atoms with Crippen molar-refractivity contribution in [2.75, 3.05) is 0 Å². The normalized spacial score (nSPS) is 24.1. The third-order valence-corrected chi connectivity index (χ3v) is 4.34. The molecule has 1 saturated carbocycles. The second kappa shape index (κ2) is 7.61. The fraction of sp³-hybridized carbons (Fsp3) is 0.611. The minimum atomic E-state index is 0.829. The van der Waals surface area contributed by atoms with Gasteiger partial charge in [-0.15, -0.1) is 0 Å². The number of hydrogen-bond acceptors (Lipinski definition) is 0. The second-order valence-electron chi connectivity index (χ2n) is 5.85. The fourth-order valence-electron chi connectivity index (χ4n) is 3.16. The van der Waals surface area contributed by atoms with E-state index in [-0.39, 0.29) is 0 Å². The van der Waals surface area contributed by atoms with Gasteiger partial charge < -0.3 is 0 Å². The van der Waals surface area contributed by atoms with Gasteiger partial charge in [0.2, 0.25) is 0 Å². The van der Waals surface area contributed by atoms with E-state index in [9.17, 15) is 0 Å². The first kappa shape index (κ1) is 13.6. The summed E-state index contributed by atoms with van der Waals surface area (Å²) >= 11 is 0. The van der Waals surface area contributed by atoms with Crippen molar-refractivity contribution in [1.29, 1.82) is 0 Å². The Kier molecular flexibility index (Phi) is 5.77. The Balaban J connectivity index is 1.67. The Labute approximate surface area is 113 Å². The number of hydrogen-bond donors (Lipinski definition) is 0. The molecule has 0 saturated heterocycles. The summed E-state index contributed by atoms with van der Waals surface area (Å²) in [6, 6.07) is 10.8. The molecular weight excluding hydrogens is 216 g/mol. The van der Waals surface area contributed by atoms with Gasteiger partial charge in [0.05, 0.1) is 0 Å². The summed E-state index contributed by atoms with van der Waals surface area (Å²) in [5.41, 5.74) is 1.41. The van der Waals surface area contributed by atoms with E-state index in [0.29, 0.717) is 0 Å². The lowest BCUT2D eigenvalue weighted by molar-refractivity contribution is 0.281. The third-order valence-electron chi connectivity index (χ3n) is 4.34. The number of benzene rings is 1. The van der Waals surface area contributed by atoms with Gasteiger partial charge in [0.15, 0.2) is 0 Å². The Hall–Kier alpha value is -0.780. The number of rotatable bonds is 6. The molecular formula is C18H27. The molecule has 1 aliphatic carbocycles. The van der Waals surface area contributed by atoms with Crippen molar-refractivity contribution < 1.29 is 0 Å². The zero-order valence-corrected chi connectivity index (χ0v) is 11.8. The molecule has 0 nitrogen and oxygen atoms in total. The van der Waals surface area contributed by atoms with Crippen LogP contribution in [0.5, 0.6) is 0 Å². The van der Waals surface area contributed by atoms with Crippen molar-refractivity contribution in [3.8, 4) is 0 Å². The average Bonchev–Trinajstić information content (AvgIpc) is 2.42. The van der Waals surface area contributed by atoms with E-state index < -0.39 is 0 Å². The van der Waals surface area contributed by atoms with E-state index in [1.165, 1.54) is 56.9 Å². The van der Waals surface area contributed by atoms with Crippen LogP contribution in [0.1, 0.15) is 63.9 Å². The van der Waals surface area contributed by atoms with E-state index in [0.717, 1.165) is 11.8 Å². The molecule has 0 atom stereocenters. The first-order valence-electron chi connectivity index (χ1n) is 7.78. The number of unbranched alkanes of at least 4 members (excludes halogenated alkanes) is 2. The van der Waals surface area contributed by atoms with E-state index in [1.54, 1.807) is 0 Å². The lowest BCUT2D eigenvalue weighted by Crippen LogP contribution is -2.15. The van der Waals surface area contributed by atoms with E-state index >= 15 is 0 Å². The SMILES string of the molecule is CCCCCC1CCC([CH]c2ccccc2)CC1. The molecule has 0 N–H and O–H groups in total. The summed E-state index contributed by atoms with van der Waals surface area (Å²) < 4.78 is 0. The Morgan fingerprint density at radius 1 is 1.00 bits per heavy atom. The molecule has 1 aromatic rings. The molecule has 0 aromatic heterocycles. The van der Waals surface area contributed by atoms with Crippen LogP contribution in [0, 0.1) is 18.3 Å². The minimum Gasteiger partial charge on any atom is -0.0654 e. The van der Waals surface area contributed by atoms with Gasteiger partial charge in [0.1, 0.15) is 0 Å². The van der Waals surface area contributed by atoms with Crippen molar-refractivity contribution in [3.05, 3.63) is 42.3 Å². The van der Waals surface area contributed by atoms with Crippen LogP contribution in [0.2, 0.25) is 0 Å². The van der Waals surface area contributed by atoms with Crippen LogP contribution < -0.4 is 0 Å². The maximum absolute atomic E-state index is 2.49. The molecule has 1 radical (unpaired) electrons. The second-order valence-corrected chi connectivity index (χ2v) is 5.85. The van der Waals surface area contributed by atoms with Crippen LogP contribution in [0.15, 0.2) is 30.3 Å². The minimum absolute atomic E-state index is 0.829. The molecule has 0 aliphatic heterocycles. The molecule has 1 aromatic carbocycles. The molecule has 1 aliphatic rings. The van der Waals surface area contributed by atoms with Crippen LogP contribution in [-0.4, -0.2) is 0 Å². The summed E-state index contributed by atoms with van der Waals surface area (Å²) in [5, 5.41) is 0. The van der Waals surface area contributed by atoms with Gasteiger partial charge in [-0.3, -0.25) is 0 Å². The zero-order chi connectivity index (χ0) is 12.6. The van der Waals surface area contributed by atoms with Crippen LogP contribution in [0.3, 0.4) is 0 Å². The molecule has 18 heavy (non-hydrogen) atoms. The Morgan fingerprint density at radius 2 is 1.72 bits per heavy atom. The quantitative estimate of drug-likeness (QED) is 0.568. The fourth-order valence-corrected chi connectivity index (χ4v) is 3.16. The zero-order valence-electron chi connectivity index (χ0n) is 11.8. The molecule has 2 rings (SSSR count). The standard InChI is InChI=1S/C18H27/c1-2-3-5-8-16-11-13-18(14-12-16)15-17-9-6-4-7-10-17/h4,6-7,9-10,15-16,18H,2-3,5,8,11-14H2,1H3. The van der Waals surface area contributed by atoms with Crippen LogP contribution in [-0.2, 0) is 0 Å². The highest BCUT2D eigenvalue weighted by atomic mass is 14.3. The first-order chi connectivity index (χ1) is 8.88. The molecule has 99 valence electrons. The van der Waals surface area contributed by atoms with Crippen LogP contribution in [0.25, 0.3) is 0 Å². The highest BCUT2D eigenvalue weighted by Gasteiger charge is 2.20. The van der Waals surface area contributed by atoms with Crippen molar-refractivity contribution in [1.82, 2.24) is 0 Å². The van der Waals surface area contributed by atoms with E-state index in [2.05, 4.69) is 43.7 Å². The van der Waals surface area contributed by atoms with E-state index in [4.69, 9.17) is 0 Å². The van der Waals surface area contributed by atoms with Gasteiger partial charge in [-0.2, -0.15) is 0 Å². The monoisotopic (exact) mass is 243 g/mol. The molecule has 0 unspecified atom stereocenters. The van der Waals surface area contributed by atoms with Gasteiger partial charge in [-0.25, -0.2) is 0 Å². The summed E-state index contributed by atoms with van der Waals surface area (Å²) in [4.78, 5) is 0. The maximum atomic E-state index is 2.49. The van der Waals surface area contributed by atoms with E-state index in [1.807, 2.05) is 0 Å². The van der Waals surface area contributed by atoms with Gasteiger partial charge >= 0.3 is 0 Å². The molecule has 0 bridgehead atoms. The maximum Gasteiger partial charge on any atom is -0.00621 e. The summed E-state index contributed by atoms with van der Waals surface area (Å²) in [6.07, 6.45) is 13.9. The van der Waals surface area contributed by atoms with Crippen molar-refractivity contribution >= 4 is 0 Å². The van der Waals surface area contributed by atoms with Crippen molar-refractivity contribution in [2.45, 2.75) is 58.3 Å². The van der Waals surface area contributed by atoms with Crippen molar-refractivity contribution in [2.24, 2.45) is 11.8 Å². The Bertz CT molecular complexity index is 306. The molecule has 0 amide bonds. The predicted octanol–water partition coefficient (Wildman–Crippen LogP) is 5.63. The topological polar surface area (TPSA) is 0 Å². The molecule has 0 spiro atoms. The van der Waals surface area contributed by atoms with Gasteiger partial charge in [0, 0.05) is 0 Å². The predicted molar refractivity (Wildman–Crippen MR) is 79.4 cm³/mol. The molecule has 0 heteroatoms. The van der Waals surface area contributed by atoms with Gasteiger partial charge in [-0.1, -0.05) is 75.8 Å². The molecule has 1 fully saturated rings. The summed E-state index contributed by atoms with van der Waals surface area (Å²) in [7, 11) is 0. The highest BCUT2D eigenvalue weighted by molar-refractivity contribution is 5.23. The van der Waals surface area contributed by atoms with Gasteiger partial charge in [-0.05, 0) is 36.7 Å². The lowest BCUT2D eigenvalue weighted by Gasteiger charge is -2.28. The smallest absolute Gasteiger partial charge is 0.00621 e. The average molecular weight is 243 g/mol. The third kappa shape index (κ3) is 4.48. The first-order valence-corrected chi connectivity index (χ1v) is 7.78. The van der Waals surface area contributed by atoms with Crippen LogP contribution in [0.4, 0.5) is 0 Å². The summed E-state index contributed by atoms with van der Waals surface area (Å²) in [5.74, 6) is 1.85. The molecule has 0 heterocycles. The summed E-state index contributed by atoms with van der Waals surface area (Å²) in [6.45, 7) is 2.30. The van der Waals surface area contributed by atoms with Crippen LogP contribution >= 0.6 is 0 Å². The Morgan fingerprint density at radius 3 is 2.39 bits per heavy atom. The van der Waals surface area contributed by atoms with Crippen molar-refractivity contribution in [3.63, 3.8) is 0 Å². The lowest BCUT2D eigenvalue weighted by atomic mass is 9.77.